The van der Waals surface area contributed by atoms with Crippen molar-refractivity contribution in [3.8, 4) is 0 Å². The molecule has 1 aromatic rings. The molecule has 1 unspecified atom stereocenters. The molecular weight excluding hydrogens is 464 g/mol. The predicted molar refractivity (Wildman–Crippen MR) is 135 cm³/mol. The number of rotatable bonds is 6. The number of halogens is 2. The van der Waals surface area contributed by atoms with Crippen molar-refractivity contribution in [1.82, 2.24) is 15.1 Å². The predicted octanol–water partition coefficient (Wildman–Crippen LogP) is 3.26. The number of amides is 2. The van der Waals surface area contributed by atoms with Crippen LogP contribution in [0.15, 0.2) is 29.5 Å². The molecular formula is C27H35F2N5O2. The summed E-state index contributed by atoms with van der Waals surface area (Å²) in [6, 6.07) is 6.30. The van der Waals surface area contributed by atoms with Crippen molar-refractivity contribution in [2.24, 2.45) is 5.41 Å². The molecule has 2 aliphatic heterocycles. The summed E-state index contributed by atoms with van der Waals surface area (Å²) in [4.78, 5) is 31.4. The van der Waals surface area contributed by atoms with Gasteiger partial charge in [-0.15, -0.1) is 0 Å². The third-order valence-electron chi connectivity index (χ3n) is 8.59. The number of likely N-dealkylation sites (tertiary alicyclic amines) is 1. The van der Waals surface area contributed by atoms with Crippen molar-refractivity contribution >= 4 is 23.2 Å². The number of hydrogen-bond donors (Lipinski definition) is 2. The first-order valence-electron chi connectivity index (χ1n) is 12.9. The standard InChI is InChI=1S/C27H35F2N5O2/c1-18-5-3-8-22(19(18)2)32-11-13-33(14-12-32)23(35)15-31-21-7-4-6-20(21)24(30)25(36)34-10-9-26(17-34)16-27(26,28)29/h3,5,8,30-31H,4,6-7,9-17H2,1-2H3. The number of benzene rings is 1. The summed E-state index contributed by atoms with van der Waals surface area (Å²) in [6.45, 7) is 7.52. The average molecular weight is 500 g/mol. The molecule has 1 spiro atoms. The monoisotopic (exact) mass is 499 g/mol. The summed E-state index contributed by atoms with van der Waals surface area (Å²) in [6.07, 6.45) is 2.21. The Bertz CT molecular complexity index is 1130. The lowest BCUT2D eigenvalue weighted by molar-refractivity contribution is -0.130. The lowest BCUT2D eigenvalue weighted by atomic mass is 10.1. The van der Waals surface area contributed by atoms with E-state index in [9.17, 15) is 18.4 Å². The lowest BCUT2D eigenvalue weighted by Gasteiger charge is -2.37. The highest BCUT2D eigenvalue weighted by Crippen LogP contribution is 2.65. The van der Waals surface area contributed by atoms with Gasteiger partial charge in [-0.2, -0.15) is 0 Å². The third kappa shape index (κ3) is 4.37. The Morgan fingerprint density at radius 1 is 1.06 bits per heavy atom. The molecule has 0 aromatic heterocycles. The zero-order valence-electron chi connectivity index (χ0n) is 21.1. The maximum Gasteiger partial charge on any atom is 0.272 e. The first-order valence-corrected chi connectivity index (χ1v) is 12.9. The Morgan fingerprint density at radius 2 is 1.78 bits per heavy atom. The van der Waals surface area contributed by atoms with Gasteiger partial charge in [-0.05, 0) is 56.7 Å². The van der Waals surface area contributed by atoms with E-state index in [0.29, 0.717) is 37.9 Å². The van der Waals surface area contributed by atoms with E-state index in [0.717, 1.165) is 25.2 Å². The average Bonchev–Trinajstić information content (AvgIpc) is 3.25. The van der Waals surface area contributed by atoms with Gasteiger partial charge in [-0.3, -0.25) is 15.0 Å². The summed E-state index contributed by atoms with van der Waals surface area (Å²) < 4.78 is 27.4. The van der Waals surface area contributed by atoms with Crippen LogP contribution in [-0.2, 0) is 9.59 Å². The van der Waals surface area contributed by atoms with E-state index in [1.54, 1.807) is 0 Å². The lowest BCUT2D eigenvalue weighted by Crippen LogP contribution is -2.51. The molecule has 194 valence electrons. The molecule has 5 rings (SSSR count). The van der Waals surface area contributed by atoms with E-state index in [1.807, 2.05) is 4.90 Å². The highest BCUT2D eigenvalue weighted by Gasteiger charge is 2.73. The second-order valence-electron chi connectivity index (χ2n) is 10.8. The van der Waals surface area contributed by atoms with E-state index in [4.69, 9.17) is 5.41 Å². The van der Waals surface area contributed by atoms with Crippen molar-refractivity contribution in [3.05, 3.63) is 40.6 Å². The molecule has 0 radical (unpaired) electrons. The minimum Gasteiger partial charge on any atom is -0.379 e. The zero-order valence-corrected chi connectivity index (χ0v) is 21.1. The molecule has 2 heterocycles. The summed E-state index contributed by atoms with van der Waals surface area (Å²) in [5.74, 6) is -3.15. The number of nitrogens with zero attached hydrogens (tertiary/aromatic N) is 3. The number of alkyl halides is 2. The summed E-state index contributed by atoms with van der Waals surface area (Å²) >= 11 is 0. The van der Waals surface area contributed by atoms with Gasteiger partial charge in [0.15, 0.2) is 0 Å². The van der Waals surface area contributed by atoms with E-state index in [-0.39, 0.29) is 37.7 Å². The fourth-order valence-corrected chi connectivity index (χ4v) is 5.94. The van der Waals surface area contributed by atoms with Gasteiger partial charge in [0.05, 0.1) is 12.0 Å². The number of allylic oxidation sites excluding steroid dienone is 1. The van der Waals surface area contributed by atoms with Crippen molar-refractivity contribution in [2.75, 3.05) is 50.7 Å². The molecule has 2 amide bonds. The maximum absolute atomic E-state index is 13.7. The SMILES string of the molecule is Cc1cccc(N2CCN(C(=O)CNC3=C(C(=N)C(=O)N4CCC5(C4)CC5(F)F)CCC3)CC2)c1C. The molecule has 3 fully saturated rings. The maximum atomic E-state index is 13.7. The number of carbonyl (C=O) groups is 2. The molecule has 4 aliphatic rings. The highest BCUT2D eigenvalue weighted by atomic mass is 19.3. The first kappa shape index (κ1) is 24.7. The van der Waals surface area contributed by atoms with Gasteiger partial charge in [0.1, 0.15) is 5.71 Å². The molecule has 2 aliphatic carbocycles. The minimum absolute atomic E-state index is 0.00432. The zero-order chi connectivity index (χ0) is 25.7. The van der Waals surface area contributed by atoms with Gasteiger partial charge >= 0.3 is 0 Å². The van der Waals surface area contributed by atoms with Gasteiger partial charge in [-0.25, -0.2) is 8.78 Å². The summed E-state index contributed by atoms with van der Waals surface area (Å²) in [5.41, 5.74) is 3.95. The smallest absolute Gasteiger partial charge is 0.272 e. The molecule has 1 saturated carbocycles. The summed E-state index contributed by atoms with van der Waals surface area (Å²) in [5, 5.41) is 11.7. The van der Waals surface area contributed by atoms with E-state index in [1.165, 1.54) is 21.7 Å². The van der Waals surface area contributed by atoms with Crippen LogP contribution in [0.3, 0.4) is 0 Å². The van der Waals surface area contributed by atoms with Gasteiger partial charge in [0, 0.05) is 62.6 Å². The van der Waals surface area contributed by atoms with Gasteiger partial charge < -0.3 is 20.0 Å². The number of nitrogens with one attached hydrogen (secondary N) is 2. The molecule has 1 aromatic carbocycles. The largest absolute Gasteiger partial charge is 0.379 e. The van der Waals surface area contributed by atoms with Crippen molar-refractivity contribution in [2.45, 2.75) is 51.9 Å². The molecule has 2 saturated heterocycles. The molecule has 2 N–H and O–H groups in total. The van der Waals surface area contributed by atoms with Gasteiger partial charge in [0.2, 0.25) is 5.91 Å². The Balaban J connectivity index is 1.14. The van der Waals surface area contributed by atoms with E-state index in [2.05, 4.69) is 42.3 Å². The number of aryl methyl sites for hydroxylation is 1. The Labute approximate surface area is 211 Å². The summed E-state index contributed by atoms with van der Waals surface area (Å²) in [7, 11) is 0. The molecule has 7 nitrogen and oxygen atoms in total. The van der Waals surface area contributed by atoms with Crippen LogP contribution >= 0.6 is 0 Å². The normalized spacial score (nSPS) is 25.1. The van der Waals surface area contributed by atoms with Crippen LogP contribution < -0.4 is 10.2 Å². The van der Waals surface area contributed by atoms with Crippen LogP contribution in [0.1, 0.15) is 43.2 Å². The van der Waals surface area contributed by atoms with Gasteiger partial charge in [-0.1, -0.05) is 12.1 Å². The van der Waals surface area contributed by atoms with Crippen LogP contribution in [-0.4, -0.2) is 79.1 Å². The molecule has 36 heavy (non-hydrogen) atoms. The van der Waals surface area contributed by atoms with E-state index >= 15 is 0 Å². The van der Waals surface area contributed by atoms with Crippen LogP contribution in [0.25, 0.3) is 0 Å². The Hall–Kier alpha value is -2.97. The molecule has 1 atom stereocenters. The quantitative estimate of drug-likeness (QED) is 0.589. The van der Waals surface area contributed by atoms with Crippen molar-refractivity contribution < 1.29 is 18.4 Å². The fraction of sp³-hybridized carbons (Fsp3) is 0.593. The second kappa shape index (κ2) is 9.16. The number of hydrogen-bond acceptors (Lipinski definition) is 5. The number of anilines is 1. The van der Waals surface area contributed by atoms with Crippen LogP contribution in [0, 0.1) is 24.7 Å². The Kier molecular flexibility index (Phi) is 6.29. The van der Waals surface area contributed by atoms with E-state index < -0.39 is 17.2 Å². The van der Waals surface area contributed by atoms with Crippen molar-refractivity contribution in [1.29, 1.82) is 5.41 Å². The van der Waals surface area contributed by atoms with Crippen molar-refractivity contribution in [3.63, 3.8) is 0 Å². The van der Waals surface area contributed by atoms with Crippen LogP contribution in [0.5, 0.6) is 0 Å². The minimum atomic E-state index is -2.69. The Morgan fingerprint density at radius 3 is 2.44 bits per heavy atom. The van der Waals surface area contributed by atoms with Gasteiger partial charge in [0.25, 0.3) is 11.8 Å². The topological polar surface area (TPSA) is 79.7 Å². The van der Waals surface area contributed by atoms with Crippen LogP contribution in [0.2, 0.25) is 0 Å². The number of piperazine rings is 1. The van der Waals surface area contributed by atoms with Crippen LogP contribution in [0.4, 0.5) is 14.5 Å². The fourth-order valence-electron chi connectivity index (χ4n) is 5.94. The highest BCUT2D eigenvalue weighted by molar-refractivity contribution is 6.44. The first-order chi connectivity index (χ1) is 17.1. The number of carbonyl (C=O) groups excluding carboxylic acids is 2. The third-order valence-corrected chi connectivity index (χ3v) is 8.59. The molecule has 0 bridgehead atoms. The second-order valence-corrected chi connectivity index (χ2v) is 10.8. The molecule has 9 heteroatoms.